The van der Waals surface area contributed by atoms with E-state index < -0.39 is 11.9 Å². The second-order valence-electron chi connectivity index (χ2n) is 9.99. The number of carbonyl (C=O) groups is 2. The summed E-state index contributed by atoms with van der Waals surface area (Å²) in [5.41, 5.74) is 1.18. The zero-order valence-electron chi connectivity index (χ0n) is 23.0. The van der Waals surface area contributed by atoms with Crippen molar-refractivity contribution in [3.63, 3.8) is 0 Å². The van der Waals surface area contributed by atoms with Crippen molar-refractivity contribution in [1.29, 1.82) is 0 Å². The number of benzene rings is 1. The molecule has 40 heavy (non-hydrogen) atoms. The van der Waals surface area contributed by atoms with E-state index >= 15 is 0 Å². The topological polar surface area (TPSA) is 104 Å². The van der Waals surface area contributed by atoms with E-state index in [0.717, 1.165) is 44.9 Å². The van der Waals surface area contributed by atoms with Crippen LogP contribution >= 0.6 is 0 Å². The van der Waals surface area contributed by atoms with E-state index in [1.165, 1.54) is 10.5 Å². The first-order valence-electron chi connectivity index (χ1n) is 14.1. The summed E-state index contributed by atoms with van der Waals surface area (Å²) in [4.78, 5) is 49.7. The molecule has 0 N–H and O–H groups in total. The quantitative estimate of drug-likeness (QED) is 0.171. The SMILES string of the molecule is CCCCOc1ccc(C(=O)N=c2c(C(=O)OCC)cc3c(=O)n4ccccc4nc3n2C2CCCCC2)cc1. The minimum Gasteiger partial charge on any atom is -0.494 e. The second kappa shape index (κ2) is 12.3. The van der Waals surface area contributed by atoms with E-state index in [-0.39, 0.29) is 34.6 Å². The standard InChI is InChI=1S/C31H34N4O5/c1-3-5-19-40-23-16-14-21(15-17-23)29(36)33-28-25(31(38)39-4-2)20-24-27(35(28)22-11-7-6-8-12-22)32-26-13-9-10-18-34(26)30(24)37/h9-10,13-18,20,22H,3-8,11-12,19H2,1-2H3. The van der Waals surface area contributed by atoms with Gasteiger partial charge >= 0.3 is 5.97 Å². The van der Waals surface area contributed by atoms with Gasteiger partial charge in [-0.1, -0.05) is 38.7 Å². The summed E-state index contributed by atoms with van der Waals surface area (Å²) in [7, 11) is 0. The molecule has 0 bridgehead atoms. The Morgan fingerprint density at radius 3 is 2.55 bits per heavy atom. The van der Waals surface area contributed by atoms with Gasteiger partial charge in [0.25, 0.3) is 11.5 Å². The van der Waals surface area contributed by atoms with Gasteiger partial charge in [0, 0.05) is 17.8 Å². The summed E-state index contributed by atoms with van der Waals surface area (Å²) >= 11 is 0. The largest absolute Gasteiger partial charge is 0.494 e. The highest BCUT2D eigenvalue weighted by molar-refractivity contribution is 5.97. The summed E-state index contributed by atoms with van der Waals surface area (Å²) in [5, 5.41) is 0.275. The Bertz CT molecular complexity index is 1660. The van der Waals surface area contributed by atoms with Crippen molar-refractivity contribution in [2.24, 2.45) is 4.99 Å². The van der Waals surface area contributed by atoms with Crippen LogP contribution in [0.2, 0.25) is 0 Å². The van der Waals surface area contributed by atoms with Crippen LogP contribution in [0, 0.1) is 0 Å². The lowest BCUT2D eigenvalue weighted by Crippen LogP contribution is -2.35. The molecule has 0 saturated heterocycles. The molecule has 4 aromatic rings. The first-order chi connectivity index (χ1) is 19.5. The van der Waals surface area contributed by atoms with Crippen LogP contribution in [-0.2, 0) is 4.74 Å². The summed E-state index contributed by atoms with van der Waals surface area (Å²) < 4.78 is 14.4. The van der Waals surface area contributed by atoms with Gasteiger partial charge in [-0.25, -0.2) is 9.78 Å². The first kappa shape index (κ1) is 27.3. The fourth-order valence-electron chi connectivity index (χ4n) is 5.19. The monoisotopic (exact) mass is 542 g/mol. The molecule has 5 rings (SSSR count). The maximum absolute atomic E-state index is 13.6. The fourth-order valence-corrected chi connectivity index (χ4v) is 5.19. The average Bonchev–Trinajstić information content (AvgIpc) is 2.98. The number of hydrogen-bond donors (Lipinski definition) is 0. The minimum atomic E-state index is -0.641. The van der Waals surface area contributed by atoms with E-state index in [4.69, 9.17) is 14.5 Å². The summed E-state index contributed by atoms with van der Waals surface area (Å²) in [5.74, 6) is -0.471. The van der Waals surface area contributed by atoms with Crippen molar-refractivity contribution >= 4 is 28.6 Å². The Balaban J connectivity index is 1.74. The summed E-state index contributed by atoms with van der Waals surface area (Å²) in [6.07, 6.45) is 8.35. The van der Waals surface area contributed by atoms with Crippen molar-refractivity contribution in [3.05, 3.63) is 81.7 Å². The average molecular weight is 543 g/mol. The van der Waals surface area contributed by atoms with Gasteiger partial charge in [-0.05, 0) is 68.7 Å². The number of hydrogen-bond acceptors (Lipinski definition) is 6. The molecule has 1 fully saturated rings. The van der Waals surface area contributed by atoms with Crippen molar-refractivity contribution in [2.45, 2.75) is 64.8 Å². The Hall–Kier alpha value is -4.27. The van der Waals surface area contributed by atoms with Crippen LogP contribution in [0.5, 0.6) is 5.75 Å². The predicted molar refractivity (Wildman–Crippen MR) is 152 cm³/mol. The lowest BCUT2D eigenvalue weighted by atomic mass is 9.94. The van der Waals surface area contributed by atoms with Crippen LogP contribution in [0.3, 0.4) is 0 Å². The van der Waals surface area contributed by atoms with Crippen LogP contribution in [0.25, 0.3) is 16.7 Å². The molecule has 1 aromatic carbocycles. The molecule has 1 saturated carbocycles. The Labute approximate surface area is 232 Å². The number of fused-ring (bicyclic) bond motifs is 2. The molecule has 0 spiro atoms. The van der Waals surface area contributed by atoms with Crippen molar-refractivity contribution in [2.75, 3.05) is 13.2 Å². The van der Waals surface area contributed by atoms with Gasteiger partial charge in [0.1, 0.15) is 22.6 Å². The molecule has 0 atom stereocenters. The maximum atomic E-state index is 13.6. The molecule has 0 radical (unpaired) electrons. The summed E-state index contributed by atoms with van der Waals surface area (Å²) in [6, 6.07) is 13.5. The second-order valence-corrected chi connectivity index (χ2v) is 9.99. The number of amides is 1. The lowest BCUT2D eigenvalue weighted by Gasteiger charge is -2.27. The van der Waals surface area contributed by atoms with Crippen LogP contribution < -0.4 is 15.8 Å². The molecule has 1 aliphatic carbocycles. The smallest absolute Gasteiger partial charge is 0.341 e. The highest BCUT2D eigenvalue weighted by atomic mass is 16.5. The zero-order valence-corrected chi connectivity index (χ0v) is 23.0. The van der Waals surface area contributed by atoms with Gasteiger partial charge in [0.2, 0.25) is 0 Å². The fraction of sp³-hybridized carbons (Fsp3) is 0.387. The molecule has 9 heteroatoms. The van der Waals surface area contributed by atoms with E-state index in [9.17, 15) is 14.4 Å². The third-order valence-corrected chi connectivity index (χ3v) is 7.25. The van der Waals surface area contributed by atoms with Crippen LogP contribution in [-0.4, -0.2) is 39.0 Å². The van der Waals surface area contributed by atoms with Crippen LogP contribution in [0.15, 0.2) is 64.5 Å². The van der Waals surface area contributed by atoms with Gasteiger partial charge in [0.15, 0.2) is 5.49 Å². The van der Waals surface area contributed by atoms with Gasteiger partial charge < -0.3 is 14.0 Å². The number of esters is 1. The highest BCUT2D eigenvalue weighted by Crippen LogP contribution is 2.29. The number of unbranched alkanes of at least 4 members (excludes halogenated alkanes) is 1. The number of pyridine rings is 2. The van der Waals surface area contributed by atoms with E-state index in [1.807, 2.05) is 10.6 Å². The Morgan fingerprint density at radius 2 is 1.82 bits per heavy atom. The molecule has 1 aliphatic rings. The maximum Gasteiger partial charge on any atom is 0.341 e. The van der Waals surface area contributed by atoms with Crippen molar-refractivity contribution in [1.82, 2.24) is 14.0 Å². The minimum absolute atomic E-state index is 0.0718. The van der Waals surface area contributed by atoms with Crippen LogP contribution in [0.4, 0.5) is 0 Å². The molecule has 9 nitrogen and oxygen atoms in total. The molecule has 208 valence electrons. The molecular weight excluding hydrogens is 508 g/mol. The predicted octanol–water partition coefficient (Wildman–Crippen LogP) is 5.25. The molecule has 3 heterocycles. The normalized spacial score (nSPS) is 14.5. The van der Waals surface area contributed by atoms with Gasteiger partial charge in [-0.15, -0.1) is 0 Å². The van der Waals surface area contributed by atoms with E-state index in [0.29, 0.717) is 29.2 Å². The highest BCUT2D eigenvalue weighted by Gasteiger charge is 2.25. The molecule has 3 aromatic heterocycles. The third-order valence-electron chi connectivity index (χ3n) is 7.25. The Morgan fingerprint density at radius 1 is 1.05 bits per heavy atom. The third kappa shape index (κ3) is 5.54. The van der Waals surface area contributed by atoms with Crippen LogP contribution in [0.1, 0.15) is 85.6 Å². The molecule has 0 aliphatic heterocycles. The Kier molecular flexibility index (Phi) is 8.38. The number of nitrogens with zero attached hydrogens (tertiary/aromatic N) is 4. The molecule has 0 unspecified atom stereocenters. The van der Waals surface area contributed by atoms with Gasteiger partial charge in [0.05, 0.1) is 18.6 Å². The molecule has 1 amide bonds. The number of carbonyl (C=O) groups excluding carboxylic acids is 2. The lowest BCUT2D eigenvalue weighted by molar-refractivity contribution is 0.0523. The zero-order chi connectivity index (χ0) is 28.1. The molecular formula is C31H34N4O5. The van der Waals surface area contributed by atoms with E-state index in [2.05, 4.69) is 11.9 Å². The van der Waals surface area contributed by atoms with E-state index in [1.54, 1.807) is 49.5 Å². The first-order valence-corrected chi connectivity index (χ1v) is 14.1. The summed E-state index contributed by atoms with van der Waals surface area (Å²) in [6.45, 7) is 4.56. The van der Waals surface area contributed by atoms with Crippen molar-refractivity contribution < 1.29 is 19.1 Å². The number of aromatic nitrogens is 3. The van der Waals surface area contributed by atoms with Crippen molar-refractivity contribution in [3.8, 4) is 5.75 Å². The number of rotatable bonds is 8. The van der Waals surface area contributed by atoms with Gasteiger partial charge in [-0.2, -0.15) is 4.99 Å². The van der Waals surface area contributed by atoms with Gasteiger partial charge in [-0.3, -0.25) is 14.0 Å². The number of ether oxygens (including phenoxy) is 2.